The van der Waals surface area contributed by atoms with Gasteiger partial charge in [-0.15, -0.1) is 0 Å². The Kier molecular flexibility index (Phi) is 5.95. The zero-order valence-corrected chi connectivity index (χ0v) is 19.3. The lowest BCUT2D eigenvalue weighted by atomic mass is 10.1. The van der Waals surface area contributed by atoms with Crippen molar-refractivity contribution in [2.45, 2.75) is 16.7 Å². The SMILES string of the molecule is COc1cc2ncc(S(=O)(=O)c3ccc(C)cc3)c(Nc3ccc(Cl)cc3)c2cc1OC. The summed E-state index contributed by atoms with van der Waals surface area (Å²) in [5, 5.41) is 4.40. The van der Waals surface area contributed by atoms with E-state index in [-0.39, 0.29) is 9.79 Å². The fourth-order valence-corrected chi connectivity index (χ4v) is 4.85. The number of pyridine rings is 1. The number of anilines is 2. The van der Waals surface area contributed by atoms with Crippen molar-refractivity contribution >= 4 is 43.7 Å². The third-order valence-corrected chi connectivity index (χ3v) is 7.11. The van der Waals surface area contributed by atoms with E-state index in [1.54, 1.807) is 60.7 Å². The van der Waals surface area contributed by atoms with Crippen LogP contribution < -0.4 is 14.8 Å². The molecule has 0 unspecified atom stereocenters. The van der Waals surface area contributed by atoms with Crippen molar-refractivity contribution in [1.29, 1.82) is 0 Å². The minimum Gasteiger partial charge on any atom is -0.493 e. The first-order valence-electron chi connectivity index (χ1n) is 9.72. The maximum absolute atomic E-state index is 13.6. The van der Waals surface area contributed by atoms with Crippen molar-refractivity contribution in [1.82, 2.24) is 4.98 Å². The van der Waals surface area contributed by atoms with E-state index in [0.29, 0.717) is 38.8 Å². The fraction of sp³-hybridized carbons (Fsp3) is 0.125. The summed E-state index contributed by atoms with van der Waals surface area (Å²) in [4.78, 5) is 4.65. The summed E-state index contributed by atoms with van der Waals surface area (Å²) in [5.74, 6) is 0.963. The zero-order valence-electron chi connectivity index (χ0n) is 17.7. The maximum atomic E-state index is 13.6. The van der Waals surface area contributed by atoms with Gasteiger partial charge in [0.15, 0.2) is 11.5 Å². The predicted molar refractivity (Wildman–Crippen MR) is 126 cm³/mol. The highest BCUT2D eigenvalue weighted by molar-refractivity contribution is 7.91. The van der Waals surface area contributed by atoms with Crippen molar-refractivity contribution < 1.29 is 17.9 Å². The summed E-state index contributed by atoms with van der Waals surface area (Å²) >= 11 is 6.02. The van der Waals surface area contributed by atoms with E-state index in [1.807, 2.05) is 6.92 Å². The van der Waals surface area contributed by atoms with Crippen LogP contribution in [0.25, 0.3) is 10.9 Å². The number of fused-ring (bicyclic) bond motifs is 1. The normalized spacial score (nSPS) is 11.4. The standard InChI is InChI=1S/C24H21ClN2O4S/c1-15-4-10-18(11-5-15)32(28,29)23-14-26-20-13-22(31-3)21(30-2)12-19(20)24(23)27-17-8-6-16(25)7-9-17/h4-14H,1-3H3,(H,26,27). The molecule has 0 amide bonds. The molecule has 0 aliphatic rings. The molecular formula is C24H21ClN2O4S. The van der Waals surface area contributed by atoms with E-state index in [0.717, 1.165) is 5.56 Å². The van der Waals surface area contributed by atoms with Gasteiger partial charge in [-0.1, -0.05) is 29.3 Å². The molecule has 0 bridgehead atoms. The number of ether oxygens (including phenoxy) is 2. The molecular weight excluding hydrogens is 448 g/mol. The summed E-state index contributed by atoms with van der Waals surface area (Å²) in [7, 11) is -0.806. The molecule has 0 saturated heterocycles. The molecule has 1 N–H and O–H groups in total. The number of sulfone groups is 1. The Morgan fingerprint density at radius 3 is 2.16 bits per heavy atom. The van der Waals surface area contributed by atoms with Gasteiger partial charge in [-0.25, -0.2) is 8.42 Å². The monoisotopic (exact) mass is 468 g/mol. The van der Waals surface area contributed by atoms with E-state index in [2.05, 4.69) is 10.3 Å². The van der Waals surface area contributed by atoms with Gasteiger partial charge in [0.25, 0.3) is 0 Å². The number of nitrogens with one attached hydrogen (secondary N) is 1. The number of benzene rings is 3. The van der Waals surface area contributed by atoms with Crippen LogP contribution in [0.2, 0.25) is 5.02 Å². The smallest absolute Gasteiger partial charge is 0.210 e. The quantitative estimate of drug-likeness (QED) is 0.386. The average molecular weight is 469 g/mol. The number of aromatic nitrogens is 1. The van der Waals surface area contributed by atoms with Gasteiger partial charge in [-0.3, -0.25) is 4.98 Å². The van der Waals surface area contributed by atoms with Crippen LogP contribution in [-0.4, -0.2) is 27.6 Å². The Balaban J connectivity index is 1.99. The largest absolute Gasteiger partial charge is 0.493 e. The van der Waals surface area contributed by atoms with E-state index < -0.39 is 9.84 Å². The van der Waals surface area contributed by atoms with Crippen molar-refractivity contribution in [2.75, 3.05) is 19.5 Å². The second kappa shape index (κ2) is 8.68. The summed E-state index contributed by atoms with van der Waals surface area (Å²) in [6, 6.07) is 17.1. The number of methoxy groups -OCH3 is 2. The van der Waals surface area contributed by atoms with Crippen LogP contribution in [0.5, 0.6) is 11.5 Å². The average Bonchev–Trinajstić information content (AvgIpc) is 2.79. The number of aryl methyl sites for hydroxylation is 1. The number of halogens is 1. The first-order valence-corrected chi connectivity index (χ1v) is 11.6. The van der Waals surface area contributed by atoms with Crippen LogP contribution in [0.1, 0.15) is 5.56 Å². The zero-order chi connectivity index (χ0) is 22.9. The molecule has 32 heavy (non-hydrogen) atoms. The fourth-order valence-electron chi connectivity index (χ4n) is 3.36. The van der Waals surface area contributed by atoms with Crippen molar-refractivity contribution in [3.63, 3.8) is 0 Å². The lowest BCUT2D eigenvalue weighted by Crippen LogP contribution is -2.07. The van der Waals surface area contributed by atoms with Gasteiger partial charge in [0, 0.05) is 28.4 Å². The molecule has 4 rings (SSSR count). The molecule has 3 aromatic carbocycles. The lowest BCUT2D eigenvalue weighted by Gasteiger charge is -2.17. The molecule has 0 fully saturated rings. The third-order valence-electron chi connectivity index (χ3n) is 5.07. The number of hydrogen-bond donors (Lipinski definition) is 1. The van der Waals surface area contributed by atoms with Crippen molar-refractivity contribution in [3.8, 4) is 11.5 Å². The topological polar surface area (TPSA) is 77.5 Å². The van der Waals surface area contributed by atoms with Gasteiger partial charge in [0.1, 0.15) is 4.90 Å². The van der Waals surface area contributed by atoms with Crippen LogP contribution in [-0.2, 0) is 9.84 Å². The summed E-state index contributed by atoms with van der Waals surface area (Å²) in [6.45, 7) is 1.90. The van der Waals surface area contributed by atoms with E-state index in [4.69, 9.17) is 21.1 Å². The Hall–Kier alpha value is -3.29. The van der Waals surface area contributed by atoms with Gasteiger partial charge >= 0.3 is 0 Å². The Bertz CT molecular complexity index is 1390. The highest BCUT2D eigenvalue weighted by Crippen LogP contribution is 2.40. The molecule has 164 valence electrons. The molecule has 1 heterocycles. The molecule has 0 aliphatic heterocycles. The third kappa shape index (κ3) is 4.09. The maximum Gasteiger partial charge on any atom is 0.210 e. The Labute approximate surface area is 191 Å². The van der Waals surface area contributed by atoms with Crippen LogP contribution in [0.4, 0.5) is 11.4 Å². The Morgan fingerprint density at radius 2 is 1.53 bits per heavy atom. The van der Waals surface area contributed by atoms with Crippen LogP contribution >= 0.6 is 11.6 Å². The second-order valence-electron chi connectivity index (χ2n) is 7.17. The Morgan fingerprint density at radius 1 is 0.906 bits per heavy atom. The number of rotatable bonds is 6. The van der Waals surface area contributed by atoms with Gasteiger partial charge in [0.2, 0.25) is 9.84 Å². The number of nitrogens with zero attached hydrogens (tertiary/aromatic N) is 1. The van der Waals surface area contributed by atoms with Crippen LogP contribution in [0.15, 0.2) is 76.7 Å². The summed E-state index contributed by atoms with van der Waals surface area (Å²) in [5.41, 5.74) is 2.59. The molecule has 1 aromatic heterocycles. The van der Waals surface area contributed by atoms with Crippen molar-refractivity contribution in [3.05, 3.63) is 77.4 Å². The molecule has 6 nitrogen and oxygen atoms in total. The molecule has 0 spiro atoms. The van der Waals surface area contributed by atoms with E-state index in [1.165, 1.54) is 20.4 Å². The molecule has 0 aliphatic carbocycles. The molecule has 0 radical (unpaired) electrons. The summed E-state index contributed by atoms with van der Waals surface area (Å²) < 4.78 is 38.0. The second-order valence-corrected chi connectivity index (χ2v) is 9.52. The van der Waals surface area contributed by atoms with Crippen LogP contribution in [0, 0.1) is 6.92 Å². The molecule has 4 aromatic rings. The van der Waals surface area contributed by atoms with Crippen LogP contribution in [0.3, 0.4) is 0 Å². The van der Waals surface area contributed by atoms with Gasteiger partial charge in [-0.2, -0.15) is 0 Å². The molecule has 0 saturated carbocycles. The predicted octanol–water partition coefficient (Wildman–Crippen LogP) is 5.79. The highest BCUT2D eigenvalue weighted by Gasteiger charge is 2.25. The van der Waals surface area contributed by atoms with Gasteiger partial charge in [-0.05, 0) is 49.4 Å². The highest BCUT2D eigenvalue weighted by atomic mass is 35.5. The van der Waals surface area contributed by atoms with Gasteiger partial charge < -0.3 is 14.8 Å². The molecule has 8 heteroatoms. The molecule has 0 atom stereocenters. The summed E-state index contributed by atoms with van der Waals surface area (Å²) in [6.07, 6.45) is 1.36. The lowest BCUT2D eigenvalue weighted by molar-refractivity contribution is 0.356. The minimum atomic E-state index is -3.86. The first-order chi connectivity index (χ1) is 15.3. The van der Waals surface area contributed by atoms with E-state index >= 15 is 0 Å². The minimum absolute atomic E-state index is 0.0519. The van der Waals surface area contributed by atoms with Gasteiger partial charge in [0.05, 0.1) is 30.3 Å². The van der Waals surface area contributed by atoms with Crippen molar-refractivity contribution in [2.24, 2.45) is 0 Å². The number of hydrogen-bond acceptors (Lipinski definition) is 6. The van der Waals surface area contributed by atoms with E-state index in [9.17, 15) is 8.42 Å². The first kappa shape index (κ1) is 21.9.